The second-order valence-corrected chi connectivity index (χ2v) is 4.93. The molecule has 2 aromatic rings. The minimum absolute atomic E-state index is 0.0642. The van der Waals surface area contributed by atoms with Gasteiger partial charge in [0.25, 0.3) is 0 Å². The maximum atomic E-state index is 11.6. The zero-order valence-corrected chi connectivity index (χ0v) is 13.1. The lowest BCUT2D eigenvalue weighted by atomic mass is 10.2. The highest BCUT2D eigenvalue weighted by Crippen LogP contribution is 2.32. The second-order valence-electron chi connectivity index (χ2n) is 4.93. The highest BCUT2D eigenvalue weighted by molar-refractivity contribution is 5.92. The maximum Gasteiger partial charge on any atom is 0.514 e. The van der Waals surface area contributed by atoms with Crippen molar-refractivity contribution in [3.63, 3.8) is 0 Å². The number of carbonyl (C=O) groups excluding carboxylic acids is 1. The lowest BCUT2D eigenvalue weighted by molar-refractivity contribution is 0.109. The SMILES string of the molecule is C=CCCCn1ncc2c(N)c(OC(=O)OCC=C)c(C)nc21. The number of ether oxygens (including phenoxy) is 2. The van der Waals surface area contributed by atoms with Gasteiger partial charge in [0.05, 0.1) is 23.0 Å². The molecule has 0 amide bonds. The number of anilines is 1. The minimum Gasteiger partial charge on any atom is -0.430 e. The molecule has 122 valence electrons. The summed E-state index contributed by atoms with van der Waals surface area (Å²) in [4.78, 5) is 16.0. The predicted molar refractivity (Wildman–Crippen MR) is 88.3 cm³/mol. The lowest BCUT2D eigenvalue weighted by Crippen LogP contribution is -2.13. The second kappa shape index (κ2) is 7.44. The smallest absolute Gasteiger partial charge is 0.430 e. The van der Waals surface area contributed by atoms with E-state index in [1.807, 2.05) is 6.08 Å². The van der Waals surface area contributed by atoms with Gasteiger partial charge >= 0.3 is 6.16 Å². The van der Waals surface area contributed by atoms with Gasteiger partial charge in [-0.25, -0.2) is 14.5 Å². The number of hydrogen-bond donors (Lipinski definition) is 1. The Labute approximate surface area is 134 Å². The molecule has 2 aromatic heterocycles. The van der Waals surface area contributed by atoms with Crippen molar-refractivity contribution in [3.8, 4) is 5.75 Å². The van der Waals surface area contributed by atoms with Crippen LogP contribution < -0.4 is 10.5 Å². The van der Waals surface area contributed by atoms with Crippen molar-refractivity contribution in [1.82, 2.24) is 14.8 Å². The van der Waals surface area contributed by atoms with E-state index in [1.54, 1.807) is 17.8 Å². The number of aryl methyl sites for hydroxylation is 2. The highest BCUT2D eigenvalue weighted by Gasteiger charge is 2.18. The topological polar surface area (TPSA) is 92.3 Å². The summed E-state index contributed by atoms with van der Waals surface area (Å²) in [5, 5.41) is 4.93. The van der Waals surface area contributed by atoms with E-state index in [2.05, 4.69) is 23.2 Å². The van der Waals surface area contributed by atoms with Gasteiger partial charge < -0.3 is 15.2 Å². The first-order chi connectivity index (χ1) is 11.1. The largest absolute Gasteiger partial charge is 0.514 e. The molecule has 0 unspecified atom stereocenters. The number of aromatic nitrogens is 3. The summed E-state index contributed by atoms with van der Waals surface area (Å²) >= 11 is 0. The van der Waals surface area contributed by atoms with Crippen LogP contribution in [0.15, 0.2) is 31.5 Å². The Morgan fingerprint density at radius 3 is 2.91 bits per heavy atom. The third-order valence-electron chi connectivity index (χ3n) is 3.23. The molecular formula is C16H20N4O3. The van der Waals surface area contributed by atoms with Crippen LogP contribution in [0.4, 0.5) is 10.5 Å². The number of pyridine rings is 1. The number of carbonyl (C=O) groups is 1. The maximum absolute atomic E-state index is 11.6. The predicted octanol–water partition coefficient (Wildman–Crippen LogP) is 2.99. The van der Waals surface area contributed by atoms with Crippen molar-refractivity contribution in [2.75, 3.05) is 12.3 Å². The molecule has 0 aliphatic carbocycles. The van der Waals surface area contributed by atoms with Gasteiger partial charge in [-0.2, -0.15) is 5.10 Å². The first kappa shape index (κ1) is 16.5. The molecule has 0 radical (unpaired) electrons. The van der Waals surface area contributed by atoms with Crippen molar-refractivity contribution in [2.45, 2.75) is 26.3 Å². The number of nitrogens with zero attached hydrogens (tertiary/aromatic N) is 3. The summed E-state index contributed by atoms with van der Waals surface area (Å²) in [6.07, 6.45) is 5.89. The summed E-state index contributed by atoms with van der Waals surface area (Å²) in [6, 6.07) is 0. The fourth-order valence-electron chi connectivity index (χ4n) is 2.13. The van der Waals surface area contributed by atoms with Crippen LogP contribution in [0.2, 0.25) is 0 Å². The van der Waals surface area contributed by atoms with Crippen LogP contribution in [0, 0.1) is 6.92 Å². The molecule has 23 heavy (non-hydrogen) atoms. The van der Waals surface area contributed by atoms with Crippen molar-refractivity contribution in [3.05, 3.63) is 37.2 Å². The van der Waals surface area contributed by atoms with E-state index >= 15 is 0 Å². The number of fused-ring (bicyclic) bond motifs is 1. The van der Waals surface area contributed by atoms with Crippen LogP contribution in [0.25, 0.3) is 11.0 Å². The first-order valence-electron chi connectivity index (χ1n) is 7.26. The van der Waals surface area contributed by atoms with E-state index in [4.69, 9.17) is 15.2 Å². The zero-order valence-electron chi connectivity index (χ0n) is 13.1. The Kier molecular flexibility index (Phi) is 5.35. The zero-order chi connectivity index (χ0) is 16.8. The van der Waals surface area contributed by atoms with Gasteiger partial charge in [0, 0.05) is 6.54 Å². The summed E-state index contributed by atoms with van der Waals surface area (Å²) in [5.41, 5.74) is 7.58. The number of unbranched alkanes of at least 4 members (excludes halogenated alkanes) is 1. The van der Waals surface area contributed by atoms with Crippen LogP contribution in [0.1, 0.15) is 18.5 Å². The first-order valence-corrected chi connectivity index (χ1v) is 7.26. The quantitative estimate of drug-likeness (QED) is 0.479. The Balaban J connectivity index is 2.29. The van der Waals surface area contributed by atoms with E-state index in [9.17, 15) is 4.79 Å². The van der Waals surface area contributed by atoms with E-state index in [0.717, 1.165) is 12.8 Å². The van der Waals surface area contributed by atoms with E-state index < -0.39 is 6.16 Å². The van der Waals surface area contributed by atoms with Gasteiger partial charge in [-0.1, -0.05) is 18.7 Å². The third-order valence-corrected chi connectivity index (χ3v) is 3.23. The molecule has 0 aromatic carbocycles. The summed E-state index contributed by atoms with van der Waals surface area (Å²) in [6.45, 7) is 9.65. The van der Waals surface area contributed by atoms with Crippen molar-refractivity contribution in [1.29, 1.82) is 0 Å². The van der Waals surface area contributed by atoms with Crippen molar-refractivity contribution >= 4 is 22.9 Å². The van der Waals surface area contributed by atoms with E-state index in [1.165, 1.54) is 6.08 Å². The summed E-state index contributed by atoms with van der Waals surface area (Å²) < 4.78 is 11.7. The Morgan fingerprint density at radius 1 is 1.43 bits per heavy atom. The van der Waals surface area contributed by atoms with Gasteiger partial charge in [-0.3, -0.25) is 0 Å². The van der Waals surface area contributed by atoms with Gasteiger partial charge in [-0.15, -0.1) is 6.58 Å². The molecule has 7 heteroatoms. The average Bonchev–Trinajstić information content (AvgIpc) is 2.93. The molecule has 0 saturated carbocycles. The molecule has 0 aliphatic heterocycles. The molecule has 0 saturated heterocycles. The number of nitrogens with two attached hydrogens (primary N) is 1. The number of hydrogen-bond acceptors (Lipinski definition) is 6. The van der Waals surface area contributed by atoms with E-state index in [-0.39, 0.29) is 12.4 Å². The Hall–Kier alpha value is -2.83. The number of allylic oxidation sites excluding steroid dienone is 1. The molecule has 2 N–H and O–H groups in total. The fourth-order valence-corrected chi connectivity index (χ4v) is 2.13. The Bertz CT molecular complexity index is 736. The van der Waals surface area contributed by atoms with Gasteiger partial charge in [0.2, 0.25) is 0 Å². The van der Waals surface area contributed by atoms with Crippen molar-refractivity contribution in [2.24, 2.45) is 0 Å². The van der Waals surface area contributed by atoms with Crippen LogP contribution in [0.3, 0.4) is 0 Å². The van der Waals surface area contributed by atoms with Gasteiger partial charge in [0.1, 0.15) is 6.61 Å². The average molecular weight is 316 g/mol. The van der Waals surface area contributed by atoms with Crippen LogP contribution >= 0.6 is 0 Å². The van der Waals surface area contributed by atoms with Crippen LogP contribution in [-0.4, -0.2) is 27.5 Å². The van der Waals surface area contributed by atoms with Crippen LogP contribution in [-0.2, 0) is 11.3 Å². The number of rotatable bonds is 7. The molecular weight excluding hydrogens is 296 g/mol. The minimum atomic E-state index is -0.848. The summed E-state index contributed by atoms with van der Waals surface area (Å²) in [5.74, 6) is 0.192. The van der Waals surface area contributed by atoms with Gasteiger partial charge in [-0.05, 0) is 19.8 Å². The molecule has 2 rings (SSSR count). The van der Waals surface area contributed by atoms with Gasteiger partial charge in [0.15, 0.2) is 11.4 Å². The van der Waals surface area contributed by atoms with Crippen LogP contribution in [0.5, 0.6) is 5.75 Å². The molecule has 2 heterocycles. The lowest BCUT2D eigenvalue weighted by Gasteiger charge is -2.11. The third kappa shape index (κ3) is 3.68. The Morgan fingerprint density at radius 2 is 2.22 bits per heavy atom. The molecule has 0 aliphatic rings. The monoisotopic (exact) mass is 316 g/mol. The fraction of sp³-hybridized carbons (Fsp3) is 0.312. The molecule has 0 atom stereocenters. The molecule has 0 fully saturated rings. The highest BCUT2D eigenvalue weighted by atomic mass is 16.7. The normalized spacial score (nSPS) is 10.5. The van der Waals surface area contributed by atoms with Crippen molar-refractivity contribution < 1.29 is 14.3 Å². The standard InChI is InChI=1S/C16H20N4O3/c1-4-6-7-8-20-15-12(10-18-20)13(17)14(11(3)19-15)23-16(21)22-9-5-2/h4-5,10H,1-2,6-9H2,3H3,(H2,17,19). The summed E-state index contributed by atoms with van der Waals surface area (Å²) in [7, 11) is 0. The number of nitrogen functional groups attached to an aromatic ring is 1. The van der Waals surface area contributed by atoms with E-state index in [0.29, 0.717) is 29.0 Å². The molecule has 7 nitrogen and oxygen atoms in total. The molecule has 0 bridgehead atoms. The molecule has 0 spiro atoms.